The van der Waals surface area contributed by atoms with Crippen LogP contribution in [-0.2, 0) is 11.2 Å². The lowest BCUT2D eigenvalue weighted by Gasteiger charge is -2.31. The zero-order valence-electron chi connectivity index (χ0n) is 10.8. The average Bonchev–Trinajstić information content (AvgIpc) is 3.10. The third-order valence-corrected chi connectivity index (χ3v) is 4.02. The quantitative estimate of drug-likeness (QED) is 0.884. The van der Waals surface area contributed by atoms with E-state index in [2.05, 4.69) is 29.2 Å². The predicted molar refractivity (Wildman–Crippen MR) is 71.0 cm³/mol. The molecule has 0 bridgehead atoms. The minimum atomic E-state index is -0.390. The van der Waals surface area contributed by atoms with Crippen molar-refractivity contribution in [1.29, 1.82) is 0 Å². The molecule has 1 amide bonds. The summed E-state index contributed by atoms with van der Waals surface area (Å²) in [6.07, 6.45) is 4.40. The van der Waals surface area contributed by atoms with Gasteiger partial charge < -0.3 is 10.6 Å². The van der Waals surface area contributed by atoms with Crippen LogP contribution in [0.1, 0.15) is 43.4 Å². The molecule has 3 rings (SSSR count). The molecular formula is C15H20N2O. The van der Waals surface area contributed by atoms with Crippen molar-refractivity contribution in [2.24, 2.45) is 5.73 Å². The van der Waals surface area contributed by atoms with E-state index in [0.29, 0.717) is 6.04 Å². The lowest BCUT2D eigenvalue weighted by molar-refractivity contribution is -0.135. The number of aryl methyl sites for hydroxylation is 1. The van der Waals surface area contributed by atoms with E-state index in [4.69, 9.17) is 5.73 Å². The molecule has 2 N–H and O–H groups in total. The maximum absolute atomic E-state index is 12.3. The van der Waals surface area contributed by atoms with Gasteiger partial charge in [0, 0.05) is 6.04 Å². The van der Waals surface area contributed by atoms with E-state index < -0.39 is 6.04 Å². The molecule has 0 radical (unpaired) electrons. The second-order valence-corrected chi connectivity index (χ2v) is 5.52. The van der Waals surface area contributed by atoms with E-state index in [0.717, 1.165) is 25.7 Å². The van der Waals surface area contributed by atoms with Gasteiger partial charge in [-0.2, -0.15) is 0 Å². The molecule has 1 unspecified atom stereocenters. The first kappa shape index (κ1) is 11.7. The number of carbonyl (C=O) groups is 1. The van der Waals surface area contributed by atoms with Gasteiger partial charge in [0.25, 0.3) is 0 Å². The highest BCUT2D eigenvalue weighted by atomic mass is 16.2. The average molecular weight is 244 g/mol. The molecule has 3 heteroatoms. The molecule has 1 aromatic rings. The maximum Gasteiger partial charge on any atom is 0.239 e. The number of nitrogens with two attached hydrogens (primary N) is 1. The Morgan fingerprint density at radius 2 is 2.06 bits per heavy atom. The molecule has 1 fully saturated rings. The number of hydrogen-bond acceptors (Lipinski definition) is 2. The maximum atomic E-state index is 12.3. The first-order valence-electron chi connectivity index (χ1n) is 6.84. The van der Waals surface area contributed by atoms with Crippen LogP contribution >= 0.6 is 0 Å². The van der Waals surface area contributed by atoms with E-state index in [9.17, 15) is 4.79 Å². The number of benzene rings is 1. The fourth-order valence-corrected chi connectivity index (χ4v) is 3.00. The van der Waals surface area contributed by atoms with E-state index >= 15 is 0 Å². The molecule has 0 aliphatic heterocycles. The standard InChI is InChI=1S/C15H20N2O/c1-10(16)15(18)17(12-7-8-12)14-9-6-11-4-2-3-5-13(11)14/h2-5,10,12,14H,6-9,16H2,1H3/t10-,14?/m0/s1. The highest BCUT2D eigenvalue weighted by Crippen LogP contribution is 2.41. The Morgan fingerprint density at radius 3 is 2.72 bits per heavy atom. The fraction of sp³-hybridized carbons (Fsp3) is 0.533. The van der Waals surface area contributed by atoms with Gasteiger partial charge in [0.2, 0.25) is 5.91 Å². The summed E-state index contributed by atoms with van der Waals surface area (Å²) in [5.41, 5.74) is 8.52. The molecule has 0 saturated heterocycles. The monoisotopic (exact) mass is 244 g/mol. The van der Waals surface area contributed by atoms with Gasteiger partial charge in [-0.1, -0.05) is 24.3 Å². The smallest absolute Gasteiger partial charge is 0.239 e. The second-order valence-electron chi connectivity index (χ2n) is 5.52. The van der Waals surface area contributed by atoms with Gasteiger partial charge >= 0.3 is 0 Å². The largest absolute Gasteiger partial charge is 0.331 e. The summed E-state index contributed by atoms with van der Waals surface area (Å²) in [6.45, 7) is 1.79. The zero-order valence-corrected chi connectivity index (χ0v) is 10.8. The van der Waals surface area contributed by atoms with Crippen LogP contribution in [0.25, 0.3) is 0 Å². The highest BCUT2D eigenvalue weighted by molar-refractivity contribution is 5.82. The lowest BCUT2D eigenvalue weighted by Crippen LogP contribution is -2.44. The summed E-state index contributed by atoms with van der Waals surface area (Å²) in [4.78, 5) is 14.4. The van der Waals surface area contributed by atoms with Crippen LogP contribution in [0.5, 0.6) is 0 Å². The minimum absolute atomic E-state index is 0.110. The van der Waals surface area contributed by atoms with E-state index in [1.54, 1.807) is 6.92 Å². The van der Waals surface area contributed by atoms with Crippen LogP contribution in [0, 0.1) is 0 Å². The fourth-order valence-electron chi connectivity index (χ4n) is 3.00. The third-order valence-electron chi connectivity index (χ3n) is 4.02. The number of carbonyl (C=O) groups excluding carboxylic acids is 1. The van der Waals surface area contributed by atoms with Crippen LogP contribution in [0.2, 0.25) is 0 Å². The lowest BCUT2D eigenvalue weighted by atomic mass is 10.1. The summed E-state index contributed by atoms with van der Waals surface area (Å²) < 4.78 is 0. The number of hydrogen-bond donors (Lipinski definition) is 1. The van der Waals surface area contributed by atoms with Crippen molar-refractivity contribution in [1.82, 2.24) is 4.90 Å². The Bertz CT molecular complexity index is 465. The van der Waals surface area contributed by atoms with Crippen LogP contribution in [0.4, 0.5) is 0 Å². The molecule has 0 spiro atoms. The molecule has 0 aromatic heterocycles. The Kier molecular flexibility index (Phi) is 2.86. The Balaban J connectivity index is 1.91. The third kappa shape index (κ3) is 1.93. The Hall–Kier alpha value is -1.35. The summed E-state index contributed by atoms with van der Waals surface area (Å²) in [7, 11) is 0. The predicted octanol–water partition coefficient (Wildman–Crippen LogP) is 2.01. The van der Waals surface area contributed by atoms with Crippen molar-refractivity contribution in [2.45, 2.75) is 50.7 Å². The number of nitrogens with zero attached hydrogens (tertiary/aromatic N) is 1. The molecule has 1 saturated carbocycles. The first-order chi connectivity index (χ1) is 8.68. The van der Waals surface area contributed by atoms with Gasteiger partial charge in [0.1, 0.15) is 0 Å². The SMILES string of the molecule is C[C@H](N)C(=O)N(C1CC1)C1CCc2ccccc21. The van der Waals surface area contributed by atoms with E-state index in [-0.39, 0.29) is 11.9 Å². The number of amides is 1. The molecule has 2 atom stereocenters. The molecule has 2 aliphatic rings. The number of rotatable bonds is 3. The molecule has 0 heterocycles. The first-order valence-corrected chi connectivity index (χ1v) is 6.84. The van der Waals surface area contributed by atoms with Gasteiger partial charge in [-0.15, -0.1) is 0 Å². The summed E-state index contributed by atoms with van der Waals surface area (Å²) in [6, 6.07) is 8.78. The molecule has 1 aromatic carbocycles. The van der Waals surface area contributed by atoms with Gasteiger partial charge in [-0.05, 0) is 43.7 Å². The van der Waals surface area contributed by atoms with Crippen molar-refractivity contribution in [2.75, 3.05) is 0 Å². The minimum Gasteiger partial charge on any atom is -0.331 e. The zero-order chi connectivity index (χ0) is 12.7. The number of fused-ring (bicyclic) bond motifs is 1. The van der Waals surface area contributed by atoms with Crippen molar-refractivity contribution in [3.05, 3.63) is 35.4 Å². The summed E-state index contributed by atoms with van der Waals surface area (Å²) in [5.74, 6) is 0.110. The van der Waals surface area contributed by atoms with Crippen LogP contribution < -0.4 is 5.73 Å². The van der Waals surface area contributed by atoms with Crippen LogP contribution in [-0.4, -0.2) is 22.9 Å². The van der Waals surface area contributed by atoms with E-state index in [1.165, 1.54) is 11.1 Å². The van der Waals surface area contributed by atoms with Gasteiger partial charge in [-0.3, -0.25) is 4.79 Å². The van der Waals surface area contributed by atoms with Gasteiger partial charge in [-0.25, -0.2) is 0 Å². The molecule has 96 valence electrons. The van der Waals surface area contributed by atoms with Crippen molar-refractivity contribution < 1.29 is 4.79 Å². The molecule has 18 heavy (non-hydrogen) atoms. The van der Waals surface area contributed by atoms with Crippen LogP contribution in [0.3, 0.4) is 0 Å². The topological polar surface area (TPSA) is 46.3 Å². The van der Waals surface area contributed by atoms with Gasteiger partial charge in [0.05, 0.1) is 12.1 Å². The normalized spacial score (nSPS) is 23.6. The molecule has 3 nitrogen and oxygen atoms in total. The van der Waals surface area contributed by atoms with E-state index in [1.807, 2.05) is 0 Å². The second kappa shape index (κ2) is 4.39. The Morgan fingerprint density at radius 1 is 1.33 bits per heavy atom. The Labute approximate surface area is 108 Å². The van der Waals surface area contributed by atoms with Crippen molar-refractivity contribution >= 4 is 5.91 Å². The summed E-state index contributed by atoms with van der Waals surface area (Å²) >= 11 is 0. The summed E-state index contributed by atoms with van der Waals surface area (Å²) in [5, 5.41) is 0. The molecule has 2 aliphatic carbocycles. The van der Waals surface area contributed by atoms with Crippen LogP contribution in [0.15, 0.2) is 24.3 Å². The van der Waals surface area contributed by atoms with Crippen molar-refractivity contribution in [3.63, 3.8) is 0 Å². The molecular weight excluding hydrogens is 224 g/mol. The van der Waals surface area contributed by atoms with Crippen molar-refractivity contribution in [3.8, 4) is 0 Å². The highest BCUT2D eigenvalue weighted by Gasteiger charge is 2.40. The van der Waals surface area contributed by atoms with Gasteiger partial charge in [0.15, 0.2) is 0 Å².